The average molecular weight is 262 g/mol. The maximum Gasteiger partial charge on any atom is 0.328 e. The fourth-order valence-corrected chi connectivity index (χ4v) is 1.78. The lowest BCUT2D eigenvalue weighted by atomic mass is 10.2. The maximum atomic E-state index is 11.8. The van der Waals surface area contributed by atoms with Gasteiger partial charge in [0.05, 0.1) is 0 Å². The minimum atomic E-state index is -1.03. The molecule has 1 aliphatic heterocycles. The summed E-state index contributed by atoms with van der Waals surface area (Å²) >= 11 is 0. The summed E-state index contributed by atoms with van der Waals surface area (Å²) in [4.78, 5) is 26.2. The fourth-order valence-electron chi connectivity index (χ4n) is 1.78. The Morgan fingerprint density at radius 3 is 3.05 bits per heavy atom. The molecule has 100 valence electrons. The summed E-state index contributed by atoms with van der Waals surface area (Å²) in [6.07, 6.45) is 5.15. The van der Waals surface area contributed by atoms with Crippen LogP contribution in [0.3, 0.4) is 0 Å². The number of hydrogen-bond donors (Lipinski definition) is 2. The summed E-state index contributed by atoms with van der Waals surface area (Å²) in [7, 11) is 0. The van der Waals surface area contributed by atoms with Gasteiger partial charge >= 0.3 is 5.97 Å². The Morgan fingerprint density at radius 1 is 1.53 bits per heavy atom. The van der Waals surface area contributed by atoms with Crippen LogP contribution in [-0.2, 0) is 14.3 Å². The Hall–Kier alpha value is -2.21. The largest absolute Gasteiger partial charge is 0.478 e. The molecule has 0 aliphatic carbocycles. The maximum absolute atomic E-state index is 11.8. The molecule has 1 unspecified atom stereocenters. The van der Waals surface area contributed by atoms with Crippen LogP contribution in [0, 0.1) is 0 Å². The molecular formula is C13H14N2O4. The van der Waals surface area contributed by atoms with Crippen molar-refractivity contribution >= 4 is 23.8 Å². The first kappa shape index (κ1) is 13.2. The molecule has 6 heteroatoms. The molecule has 0 bridgehead atoms. The quantitative estimate of drug-likeness (QED) is 0.798. The highest BCUT2D eigenvalue weighted by molar-refractivity contribution is 5.93. The summed E-state index contributed by atoms with van der Waals surface area (Å²) in [5.41, 5.74) is 0.653. The van der Waals surface area contributed by atoms with E-state index in [0.717, 1.165) is 12.5 Å². The van der Waals surface area contributed by atoms with E-state index >= 15 is 0 Å². The Labute approximate surface area is 110 Å². The van der Waals surface area contributed by atoms with Crippen molar-refractivity contribution in [1.29, 1.82) is 0 Å². The third-order valence-corrected chi connectivity index (χ3v) is 2.68. The van der Waals surface area contributed by atoms with E-state index in [9.17, 15) is 9.59 Å². The van der Waals surface area contributed by atoms with E-state index in [1.807, 2.05) is 0 Å². The van der Waals surface area contributed by atoms with Crippen molar-refractivity contribution in [3.05, 3.63) is 30.0 Å². The number of carboxylic acids is 1. The van der Waals surface area contributed by atoms with Gasteiger partial charge < -0.3 is 15.2 Å². The summed E-state index contributed by atoms with van der Waals surface area (Å²) in [5, 5.41) is 11.2. The van der Waals surface area contributed by atoms with E-state index in [1.165, 1.54) is 12.3 Å². The zero-order valence-corrected chi connectivity index (χ0v) is 10.2. The number of nitrogens with zero attached hydrogens (tertiary/aromatic N) is 1. The third-order valence-electron chi connectivity index (χ3n) is 2.68. The van der Waals surface area contributed by atoms with Crippen molar-refractivity contribution in [3.63, 3.8) is 0 Å². The number of carbonyl (C=O) groups excluding carboxylic acids is 1. The van der Waals surface area contributed by atoms with E-state index in [0.29, 0.717) is 24.4 Å². The molecular weight excluding hydrogens is 248 g/mol. The van der Waals surface area contributed by atoms with Crippen LogP contribution >= 0.6 is 0 Å². The molecule has 1 amide bonds. The molecule has 0 radical (unpaired) electrons. The number of aliphatic carboxylic acids is 1. The number of amides is 1. The van der Waals surface area contributed by atoms with Crippen molar-refractivity contribution in [2.75, 3.05) is 11.9 Å². The molecule has 1 fully saturated rings. The van der Waals surface area contributed by atoms with Gasteiger partial charge in [0.25, 0.3) is 5.91 Å². The second-order valence-corrected chi connectivity index (χ2v) is 4.14. The van der Waals surface area contributed by atoms with Gasteiger partial charge in [0.2, 0.25) is 0 Å². The lowest BCUT2D eigenvalue weighted by Gasteiger charge is -2.09. The van der Waals surface area contributed by atoms with Crippen molar-refractivity contribution in [3.8, 4) is 0 Å². The molecule has 1 aromatic rings. The van der Waals surface area contributed by atoms with Crippen molar-refractivity contribution < 1.29 is 19.4 Å². The van der Waals surface area contributed by atoms with Crippen molar-refractivity contribution in [1.82, 2.24) is 4.98 Å². The monoisotopic (exact) mass is 262 g/mol. The van der Waals surface area contributed by atoms with Gasteiger partial charge in [-0.15, -0.1) is 0 Å². The number of nitrogens with one attached hydrogen (secondary N) is 1. The van der Waals surface area contributed by atoms with E-state index in [-0.39, 0.29) is 5.91 Å². The molecule has 6 nitrogen and oxygen atoms in total. The van der Waals surface area contributed by atoms with E-state index in [1.54, 1.807) is 12.1 Å². The summed E-state index contributed by atoms with van der Waals surface area (Å²) < 4.78 is 5.26. The first-order valence-electron chi connectivity index (χ1n) is 5.95. The second kappa shape index (κ2) is 6.10. The molecule has 0 saturated carbocycles. The highest BCUT2D eigenvalue weighted by Gasteiger charge is 2.23. The Morgan fingerprint density at radius 2 is 2.37 bits per heavy atom. The number of anilines is 1. The lowest BCUT2D eigenvalue weighted by Crippen LogP contribution is -2.27. The molecule has 1 saturated heterocycles. The minimum Gasteiger partial charge on any atom is -0.478 e. The third kappa shape index (κ3) is 3.89. The van der Waals surface area contributed by atoms with Gasteiger partial charge in [-0.05, 0) is 36.6 Å². The summed E-state index contributed by atoms with van der Waals surface area (Å²) in [6.45, 7) is 0.604. The standard InChI is InChI=1S/C13H14N2O4/c16-12(17)4-3-9-5-6-14-11(8-9)15-13(18)10-2-1-7-19-10/h3-6,8,10H,1-2,7H2,(H,16,17)(H,14,15,18)/b4-3+. The van der Waals surface area contributed by atoms with Crippen LogP contribution < -0.4 is 5.32 Å². The molecule has 2 heterocycles. The van der Waals surface area contributed by atoms with Gasteiger partial charge in [0, 0.05) is 18.9 Å². The molecule has 0 aromatic carbocycles. The summed E-state index contributed by atoms with van der Waals surface area (Å²) in [5.74, 6) is -0.862. The predicted octanol–water partition coefficient (Wildman–Crippen LogP) is 1.30. The lowest BCUT2D eigenvalue weighted by molar-refractivity contribution is -0.131. The number of carbonyl (C=O) groups is 2. The van der Waals surface area contributed by atoms with Crippen LogP contribution in [-0.4, -0.2) is 34.7 Å². The van der Waals surface area contributed by atoms with Crippen LogP contribution in [0.5, 0.6) is 0 Å². The van der Waals surface area contributed by atoms with E-state index < -0.39 is 12.1 Å². The molecule has 1 aromatic heterocycles. The average Bonchev–Trinajstić information content (AvgIpc) is 2.91. The predicted molar refractivity (Wildman–Crippen MR) is 68.5 cm³/mol. The zero-order valence-electron chi connectivity index (χ0n) is 10.2. The zero-order chi connectivity index (χ0) is 13.7. The van der Waals surface area contributed by atoms with Gasteiger partial charge in [-0.1, -0.05) is 0 Å². The van der Waals surface area contributed by atoms with Gasteiger partial charge in [-0.2, -0.15) is 0 Å². The molecule has 19 heavy (non-hydrogen) atoms. The van der Waals surface area contributed by atoms with E-state index in [2.05, 4.69) is 10.3 Å². The molecule has 0 spiro atoms. The van der Waals surface area contributed by atoms with E-state index in [4.69, 9.17) is 9.84 Å². The van der Waals surface area contributed by atoms with Crippen molar-refractivity contribution in [2.24, 2.45) is 0 Å². The van der Waals surface area contributed by atoms with Crippen molar-refractivity contribution in [2.45, 2.75) is 18.9 Å². The Bertz CT molecular complexity index is 507. The minimum absolute atomic E-state index is 0.218. The Kier molecular flexibility index (Phi) is 4.25. The number of ether oxygens (including phenoxy) is 1. The summed E-state index contributed by atoms with van der Waals surface area (Å²) in [6, 6.07) is 3.26. The normalized spacial score (nSPS) is 18.6. The molecule has 1 atom stereocenters. The molecule has 2 N–H and O–H groups in total. The highest BCUT2D eigenvalue weighted by atomic mass is 16.5. The molecule has 1 aliphatic rings. The highest BCUT2D eigenvalue weighted by Crippen LogP contribution is 2.15. The topological polar surface area (TPSA) is 88.5 Å². The number of pyridine rings is 1. The van der Waals surface area contributed by atoms with Crippen LogP contribution in [0.4, 0.5) is 5.82 Å². The number of hydrogen-bond acceptors (Lipinski definition) is 4. The van der Waals surface area contributed by atoms with Crippen LogP contribution in [0.2, 0.25) is 0 Å². The van der Waals surface area contributed by atoms with Gasteiger partial charge in [-0.25, -0.2) is 9.78 Å². The van der Waals surface area contributed by atoms with Crippen LogP contribution in [0.1, 0.15) is 18.4 Å². The fraction of sp³-hybridized carbons (Fsp3) is 0.308. The van der Waals surface area contributed by atoms with Crippen LogP contribution in [0.15, 0.2) is 24.4 Å². The van der Waals surface area contributed by atoms with Crippen LogP contribution in [0.25, 0.3) is 6.08 Å². The Balaban J connectivity index is 2.02. The smallest absolute Gasteiger partial charge is 0.328 e. The SMILES string of the molecule is O=C(O)/C=C/c1ccnc(NC(=O)C2CCCO2)c1. The first-order valence-corrected chi connectivity index (χ1v) is 5.95. The molecule has 2 rings (SSSR count). The second-order valence-electron chi connectivity index (χ2n) is 4.14. The number of aromatic nitrogens is 1. The van der Waals surface area contributed by atoms with Gasteiger partial charge in [0.1, 0.15) is 11.9 Å². The first-order chi connectivity index (χ1) is 9.15. The number of carboxylic acid groups (broad SMARTS) is 1. The number of rotatable bonds is 4. The van der Waals surface area contributed by atoms with Gasteiger partial charge in [0.15, 0.2) is 0 Å². The van der Waals surface area contributed by atoms with Gasteiger partial charge in [-0.3, -0.25) is 4.79 Å².